The summed E-state index contributed by atoms with van der Waals surface area (Å²) in [6.45, 7) is -2.88. The lowest BCUT2D eigenvalue weighted by atomic mass is 9.94. The van der Waals surface area contributed by atoms with Gasteiger partial charge in [0.2, 0.25) is 0 Å². The van der Waals surface area contributed by atoms with E-state index in [0.717, 1.165) is 46.2 Å². The summed E-state index contributed by atoms with van der Waals surface area (Å²) in [7, 11) is 0. The monoisotopic (exact) mass is 365 g/mol. The van der Waals surface area contributed by atoms with E-state index in [1.165, 1.54) is 0 Å². The summed E-state index contributed by atoms with van der Waals surface area (Å²) in [4.78, 5) is 0. The predicted octanol–water partition coefficient (Wildman–Crippen LogP) is 7.05. The van der Waals surface area contributed by atoms with Crippen molar-refractivity contribution in [1.29, 1.82) is 0 Å². The first-order valence-corrected chi connectivity index (χ1v) is 9.42. The van der Waals surface area contributed by atoms with Crippen molar-refractivity contribution in [3.63, 3.8) is 0 Å². The van der Waals surface area contributed by atoms with E-state index < -0.39 is 20.6 Å². The van der Waals surface area contributed by atoms with Crippen LogP contribution in [-0.2, 0) is 19.3 Å². The first kappa shape index (κ1) is 10.9. The fourth-order valence-electron chi connectivity index (χ4n) is 3.70. The lowest BCUT2D eigenvalue weighted by Crippen LogP contribution is -1.97. The van der Waals surface area contributed by atoms with Crippen LogP contribution in [0.5, 0.6) is 0 Å². The molecule has 0 saturated heterocycles. The van der Waals surface area contributed by atoms with E-state index in [-0.39, 0.29) is 16.7 Å². The van der Waals surface area contributed by atoms with Crippen LogP contribution in [0.4, 0.5) is 0 Å². The Morgan fingerprint density at radius 2 is 0.963 bits per heavy atom. The Labute approximate surface area is 177 Å². The van der Waals surface area contributed by atoms with Gasteiger partial charge in [-0.15, -0.1) is 0 Å². The van der Waals surface area contributed by atoms with E-state index in [1.807, 2.05) is 32.0 Å². The zero-order valence-corrected chi connectivity index (χ0v) is 16.0. The molecule has 0 fully saturated rings. The Morgan fingerprint density at radius 1 is 0.556 bits per heavy atom. The Bertz CT molecular complexity index is 1220. The van der Waals surface area contributed by atoms with Crippen LogP contribution in [0.1, 0.15) is 75.8 Å². The molecule has 3 aromatic carbocycles. The highest BCUT2D eigenvalue weighted by molar-refractivity contribution is 5.39. The Hall–Kier alpha value is -2.34. The maximum absolute atomic E-state index is 7.97. The second-order valence-electron chi connectivity index (χ2n) is 7.39. The number of rotatable bonds is 6. The van der Waals surface area contributed by atoms with E-state index in [2.05, 4.69) is 0 Å². The third kappa shape index (κ3) is 5.57. The minimum Gasteiger partial charge on any atom is -0.0651 e. The predicted molar refractivity (Wildman–Crippen MR) is 118 cm³/mol. The molecular weight excluding hydrogens is 324 g/mol. The van der Waals surface area contributed by atoms with Crippen LogP contribution in [0, 0.1) is 27.5 Å². The second-order valence-corrected chi connectivity index (χ2v) is 7.39. The summed E-state index contributed by atoms with van der Waals surface area (Å²) in [6.07, 6.45) is 2.43. The molecule has 140 valence electrons. The molecule has 0 aromatic heterocycles. The van der Waals surface area contributed by atoms with Gasteiger partial charge in [0, 0.05) is 12.3 Å². The van der Waals surface area contributed by atoms with Gasteiger partial charge >= 0.3 is 0 Å². The minimum absolute atomic E-state index is 0.208. The van der Waals surface area contributed by atoms with E-state index >= 15 is 0 Å². The maximum Gasteiger partial charge on any atom is 0.0280 e. The summed E-state index contributed by atoms with van der Waals surface area (Å²) < 4.78 is 70.7. The van der Waals surface area contributed by atoms with Crippen LogP contribution >= 0.6 is 0 Å². The Kier molecular flexibility index (Phi) is 3.44. The summed E-state index contributed by atoms with van der Waals surface area (Å²) >= 11 is 0. The molecule has 3 aromatic rings. The largest absolute Gasteiger partial charge is 0.0651 e. The molecule has 0 bridgehead atoms. The van der Waals surface area contributed by atoms with Gasteiger partial charge in [-0.25, -0.2) is 0 Å². The van der Waals surface area contributed by atoms with Gasteiger partial charge in [-0.1, -0.05) is 90.2 Å². The highest BCUT2D eigenvalue weighted by atomic mass is 14.1. The molecule has 0 heterocycles. The Balaban J connectivity index is 2.04. The van der Waals surface area contributed by atoms with Crippen LogP contribution in [0.25, 0.3) is 0 Å². The van der Waals surface area contributed by atoms with Crippen molar-refractivity contribution in [2.24, 2.45) is 0 Å². The van der Waals surface area contributed by atoms with Gasteiger partial charge in [0.25, 0.3) is 0 Å². The first-order chi connectivity index (χ1) is 16.5. The molecule has 0 saturated carbocycles. The number of hydrogen-bond donors (Lipinski definition) is 0. The smallest absolute Gasteiger partial charge is 0.0280 e. The fourth-order valence-corrected chi connectivity index (χ4v) is 3.70. The molecule has 0 amide bonds. The molecule has 0 aliphatic rings. The molecule has 0 spiro atoms. The zero-order valence-electron chi connectivity index (χ0n) is 25.0. The molecule has 0 aliphatic heterocycles. The van der Waals surface area contributed by atoms with E-state index in [9.17, 15) is 0 Å². The van der Waals surface area contributed by atoms with Crippen LogP contribution in [0.15, 0.2) is 54.6 Å². The van der Waals surface area contributed by atoms with Gasteiger partial charge in [0.15, 0.2) is 0 Å². The van der Waals surface area contributed by atoms with Gasteiger partial charge in [-0.2, -0.15) is 0 Å². The van der Waals surface area contributed by atoms with Crippen molar-refractivity contribution in [3.8, 4) is 0 Å². The zero-order chi connectivity index (χ0) is 26.9. The van der Waals surface area contributed by atoms with Gasteiger partial charge in [-0.05, 0) is 74.6 Å². The first-order valence-electron chi connectivity index (χ1n) is 13.9. The van der Waals surface area contributed by atoms with Crippen LogP contribution in [0.2, 0.25) is 0 Å². The Morgan fingerprint density at radius 3 is 1.48 bits per heavy atom. The van der Waals surface area contributed by atoms with Gasteiger partial charge < -0.3 is 0 Å². The van der Waals surface area contributed by atoms with Crippen molar-refractivity contribution in [1.82, 2.24) is 0 Å². The normalized spacial score (nSPS) is 17.3. The van der Waals surface area contributed by atoms with E-state index in [0.29, 0.717) is 12.8 Å². The average Bonchev–Trinajstić information content (AvgIpc) is 2.71. The van der Waals surface area contributed by atoms with Gasteiger partial charge in [0.05, 0.1) is 0 Å². The lowest BCUT2D eigenvalue weighted by molar-refractivity contribution is 0.916. The molecule has 0 radical (unpaired) electrons. The van der Waals surface area contributed by atoms with Gasteiger partial charge in [0.1, 0.15) is 0 Å². The molecule has 3 rings (SSSR count). The topological polar surface area (TPSA) is 0 Å². The highest BCUT2D eigenvalue weighted by Crippen LogP contribution is 2.20. The third-order valence-corrected chi connectivity index (χ3v) is 4.60. The summed E-state index contributed by atoms with van der Waals surface area (Å²) in [6, 6.07) is 15.8. The molecule has 0 heteroatoms. The van der Waals surface area contributed by atoms with Crippen molar-refractivity contribution < 1.29 is 12.3 Å². The molecular formula is C27H32. The molecule has 0 atom stereocenters. The SMILES string of the molecule is [2H]C([2H])([2H])c1cc(C)cc(Cc2cc(Cc3cc(CCC)cc(C([2H])([2H])[2H])c3)cc(C([2H])([2H])[2H])c2)c1. The quantitative estimate of drug-likeness (QED) is 0.439. The van der Waals surface area contributed by atoms with Crippen LogP contribution < -0.4 is 0 Å². The second kappa shape index (κ2) is 8.57. The molecule has 0 aliphatic carbocycles. The van der Waals surface area contributed by atoms with E-state index in [4.69, 9.17) is 12.3 Å². The standard InChI is InChI=1S/C27H32/c1-6-7-23-9-21(4)12-25(15-23)17-27-14-22(5)13-26(18-27)16-24-10-19(2)8-20(3)11-24/h8-15,18H,6-7,16-17H2,1-5H3/i2D3,4D3,5D3. The number of benzene rings is 3. The lowest BCUT2D eigenvalue weighted by Gasteiger charge is -2.11. The molecule has 27 heavy (non-hydrogen) atoms. The van der Waals surface area contributed by atoms with Crippen LogP contribution in [-0.4, -0.2) is 0 Å². The summed E-state index contributed by atoms with van der Waals surface area (Å²) in [5.41, 5.74) is 5.68. The molecule has 0 unspecified atom stereocenters. The third-order valence-electron chi connectivity index (χ3n) is 4.60. The highest BCUT2D eigenvalue weighted by Gasteiger charge is 2.05. The van der Waals surface area contributed by atoms with Crippen molar-refractivity contribution in [2.45, 2.75) is 60.1 Å². The number of hydrogen-bond acceptors (Lipinski definition) is 0. The minimum atomic E-state index is -2.31. The maximum atomic E-state index is 7.97. The van der Waals surface area contributed by atoms with Crippen molar-refractivity contribution in [2.75, 3.05) is 0 Å². The van der Waals surface area contributed by atoms with Crippen molar-refractivity contribution in [3.05, 3.63) is 105 Å². The molecule has 0 nitrogen and oxygen atoms in total. The summed E-state index contributed by atoms with van der Waals surface area (Å²) in [5.74, 6) is 0. The summed E-state index contributed by atoms with van der Waals surface area (Å²) in [5, 5.41) is 0. The number of aryl methyl sites for hydroxylation is 5. The fraction of sp³-hybridized carbons (Fsp3) is 0.333. The average molecular weight is 366 g/mol. The van der Waals surface area contributed by atoms with E-state index in [1.54, 1.807) is 36.4 Å². The molecule has 0 N–H and O–H groups in total. The van der Waals surface area contributed by atoms with Crippen molar-refractivity contribution >= 4 is 0 Å². The van der Waals surface area contributed by atoms with Crippen LogP contribution in [0.3, 0.4) is 0 Å². The van der Waals surface area contributed by atoms with Gasteiger partial charge in [-0.3, -0.25) is 0 Å².